The van der Waals surface area contributed by atoms with Crippen LogP contribution in [0.1, 0.15) is 29.0 Å². The van der Waals surface area contributed by atoms with Crippen molar-refractivity contribution in [2.75, 3.05) is 13.1 Å². The second-order valence-corrected chi connectivity index (χ2v) is 5.80. The number of amides is 2. The molecular formula is C19H21N3O3. The highest BCUT2D eigenvalue weighted by atomic mass is 16.3. The van der Waals surface area contributed by atoms with Gasteiger partial charge in [-0.25, -0.2) is 0 Å². The third-order valence-corrected chi connectivity index (χ3v) is 4.00. The van der Waals surface area contributed by atoms with Crippen LogP contribution < -0.4 is 10.6 Å². The molecule has 2 amide bonds. The van der Waals surface area contributed by atoms with Crippen molar-refractivity contribution in [2.24, 2.45) is 0 Å². The second kappa shape index (κ2) is 8.19. The number of carbonyl (C=O) groups is 2. The highest BCUT2D eigenvalue weighted by Gasteiger charge is 2.08. The fraction of sp³-hybridized carbons (Fsp3) is 0.263. The molecule has 0 aliphatic rings. The minimum Gasteiger partial charge on any atom is -0.459 e. The quantitative estimate of drug-likeness (QED) is 0.551. The van der Waals surface area contributed by atoms with Gasteiger partial charge >= 0.3 is 0 Å². The zero-order valence-electron chi connectivity index (χ0n) is 13.9. The minimum atomic E-state index is -0.259. The average molecular weight is 339 g/mol. The van der Waals surface area contributed by atoms with Crippen LogP contribution >= 0.6 is 0 Å². The zero-order valence-corrected chi connectivity index (χ0v) is 13.9. The minimum absolute atomic E-state index is 0.00733. The number of aromatic amines is 1. The van der Waals surface area contributed by atoms with Crippen molar-refractivity contribution in [3.05, 3.63) is 60.2 Å². The molecule has 0 bridgehead atoms. The van der Waals surface area contributed by atoms with Crippen molar-refractivity contribution in [2.45, 2.75) is 19.3 Å². The van der Waals surface area contributed by atoms with Gasteiger partial charge in [0.2, 0.25) is 5.91 Å². The summed E-state index contributed by atoms with van der Waals surface area (Å²) >= 11 is 0. The molecule has 0 radical (unpaired) electrons. The third-order valence-electron chi connectivity index (χ3n) is 4.00. The van der Waals surface area contributed by atoms with Crippen LogP contribution in [0.5, 0.6) is 0 Å². The first-order valence-electron chi connectivity index (χ1n) is 8.37. The van der Waals surface area contributed by atoms with Crippen molar-refractivity contribution in [3.63, 3.8) is 0 Å². The fourth-order valence-corrected chi connectivity index (χ4v) is 2.71. The van der Waals surface area contributed by atoms with Gasteiger partial charge in [-0.15, -0.1) is 0 Å². The second-order valence-electron chi connectivity index (χ2n) is 5.80. The summed E-state index contributed by atoms with van der Waals surface area (Å²) in [6.07, 6.45) is 5.19. The maximum atomic E-state index is 11.9. The van der Waals surface area contributed by atoms with Gasteiger partial charge in [-0.05, 0) is 36.6 Å². The summed E-state index contributed by atoms with van der Waals surface area (Å²) in [5.74, 6) is 0.0139. The molecule has 2 aromatic heterocycles. The Hall–Kier alpha value is -3.02. The van der Waals surface area contributed by atoms with Crippen LogP contribution in [0, 0.1) is 0 Å². The van der Waals surface area contributed by atoms with E-state index in [0.29, 0.717) is 25.9 Å². The van der Waals surface area contributed by atoms with Crippen molar-refractivity contribution in [3.8, 4) is 0 Å². The summed E-state index contributed by atoms with van der Waals surface area (Å²) in [4.78, 5) is 26.7. The lowest BCUT2D eigenvalue weighted by Crippen LogP contribution is -2.28. The van der Waals surface area contributed by atoms with E-state index >= 15 is 0 Å². The monoisotopic (exact) mass is 339 g/mol. The molecule has 6 heteroatoms. The number of H-pyrrole nitrogens is 1. The number of aromatic nitrogens is 1. The third kappa shape index (κ3) is 4.50. The van der Waals surface area contributed by atoms with Crippen LogP contribution in [0.15, 0.2) is 53.3 Å². The van der Waals surface area contributed by atoms with Crippen molar-refractivity contribution in [1.82, 2.24) is 15.6 Å². The van der Waals surface area contributed by atoms with E-state index in [0.717, 1.165) is 11.9 Å². The van der Waals surface area contributed by atoms with Gasteiger partial charge in [0.25, 0.3) is 5.91 Å². The standard InChI is InChI=1S/C19H21N3O3/c23-18(8-3-10-21-19(24)17-7-4-12-25-17)20-11-9-14-13-22-16-6-2-1-5-15(14)16/h1-2,4-7,12-13,22H,3,8-11H2,(H,20,23)(H,21,24). The Kier molecular flexibility index (Phi) is 5.51. The molecule has 2 heterocycles. The number of benzene rings is 1. The molecule has 0 spiro atoms. The normalized spacial score (nSPS) is 10.7. The van der Waals surface area contributed by atoms with Gasteiger partial charge in [-0.2, -0.15) is 0 Å². The summed E-state index contributed by atoms with van der Waals surface area (Å²) in [7, 11) is 0. The molecule has 3 N–H and O–H groups in total. The van der Waals surface area contributed by atoms with Crippen molar-refractivity contribution in [1.29, 1.82) is 0 Å². The summed E-state index contributed by atoms with van der Waals surface area (Å²) in [6.45, 7) is 1.04. The number of para-hydroxylation sites is 1. The first-order chi connectivity index (χ1) is 12.2. The molecule has 0 atom stereocenters. The SMILES string of the molecule is O=C(CCCNC(=O)c1ccco1)NCCc1c[nH]c2ccccc12. The summed E-state index contributed by atoms with van der Waals surface area (Å²) in [5.41, 5.74) is 2.30. The van der Waals surface area contributed by atoms with E-state index in [-0.39, 0.29) is 17.6 Å². The van der Waals surface area contributed by atoms with Crippen LogP contribution in [-0.4, -0.2) is 29.9 Å². The largest absolute Gasteiger partial charge is 0.459 e. The Balaban J connectivity index is 1.32. The average Bonchev–Trinajstić information content (AvgIpc) is 3.29. The highest BCUT2D eigenvalue weighted by molar-refractivity contribution is 5.91. The van der Waals surface area contributed by atoms with Gasteiger partial charge in [0.05, 0.1) is 6.26 Å². The molecule has 0 fully saturated rings. The van der Waals surface area contributed by atoms with E-state index in [2.05, 4.69) is 21.7 Å². The maximum absolute atomic E-state index is 11.9. The fourth-order valence-electron chi connectivity index (χ4n) is 2.71. The zero-order chi connectivity index (χ0) is 17.5. The van der Waals surface area contributed by atoms with E-state index < -0.39 is 0 Å². The number of rotatable bonds is 8. The number of carbonyl (C=O) groups excluding carboxylic acids is 2. The maximum Gasteiger partial charge on any atom is 0.286 e. The van der Waals surface area contributed by atoms with E-state index in [1.54, 1.807) is 12.1 Å². The van der Waals surface area contributed by atoms with E-state index in [1.807, 2.05) is 24.4 Å². The van der Waals surface area contributed by atoms with Crippen molar-refractivity contribution < 1.29 is 14.0 Å². The number of nitrogens with one attached hydrogen (secondary N) is 3. The number of hydrogen-bond acceptors (Lipinski definition) is 3. The van der Waals surface area contributed by atoms with Crippen LogP contribution in [0.2, 0.25) is 0 Å². The Morgan fingerprint density at radius 2 is 1.92 bits per heavy atom. The van der Waals surface area contributed by atoms with Crippen LogP contribution in [0.25, 0.3) is 10.9 Å². The Labute approximate surface area is 145 Å². The molecule has 130 valence electrons. The molecule has 0 aliphatic carbocycles. The molecule has 0 saturated heterocycles. The van der Waals surface area contributed by atoms with Gasteiger partial charge < -0.3 is 20.0 Å². The van der Waals surface area contributed by atoms with Crippen LogP contribution in [0.3, 0.4) is 0 Å². The molecule has 3 aromatic rings. The van der Waals surface area contributed by atoms with Crippen LogP contribution in [0.4, 0.5) is 0 Å². The topological polar surface area (TPSA) is 87.1 Å². The van der Waals surface area contributed by atoms with E-state index in [4.69, 9.17) is 4.42 Å². The molecule has 3 rings (SSSR count). The first kappa shape index (κ1) is 16.8. The molecule has 0 aliphatic heterocycles. The Morgan fingerprint density at radius 3 is 2.76 bits per heavy atom. The lowest BCUT2D eigenvalue weighted by atomic mass is 10.1. The van der Waals surface area contributed by atoms with E-state index in [1.165, 1.54) is 17.2 Å². The lowest BCUT2D eigenvalue weighted by molar-refractivity contribution is -0.121. The summed E-state index contributed by atoms with van der Waals surface area (Å²) < 4.78 is 5.00. The number of fused-ring (bicyclic) bond motifs is 1. The smallest absolute Gasteiger partial charge is 0.286 e. The van der Waals surface area contributed by atoms with Gasteiger partial charge in [0.15, 0.2) is 5.76 Å². The van der Waals surface area contributed by atoms with Gasteiger partial charge in [0.1, 0.15) is 0 Å². The summed E-state index contributed by atoms with van der Waals surface area (Å²) in [6, 6.07) is 11.4. The first-order valence-corrected chi connectivity index (χ1v) is 8.37. The Morgan fingerprint density at radius 1 is 1.04 bits per heavy atom. The molecule has 0 unspecified atom stereocenters. The highest BCUT2D eigenvalue weighted by Crippen LogP contribution is 2.17. The van der Waals surface area contributed by atoms with Crippen LogP contribution in [-0.2, 0) is 11.2 Å². The van der Waals surface area contributed by atoms with E-state index in [9.17, 15) is 9.59 Å². The summed E-state index contributed by atoms with van der Waals surface area (Å²) in [5, 5.41) is 6.83. The van der Waals surface area contributed by atoms with Gasteiger partial charge in [-0.1, -0.05) is 18.2 Å². The molecule has 0 saturated carbocycles. The number of furan rings is 1. The molecule has 6 nitrogen and oxygen atoms in total. The predicted molar refractivity (Wildman–Crippen MR) is 95.3 cm³/mol. The predicted octanol–water partition coefficient (Wildman–Crippen LogP) is 2.63. The Bertz CT molecular complexity index is 837. The molecule has 1 aromatic carbocycles. The van der Waals surface area contributed by atoms with Crippen molar-refractivity contribution >= 4 is 22.7 Å². The molecule has 25 heavy (non-hydrogen) atoms. The molecular weight excluding hydrogens is 318 g/mol. The van der Waals surface area contributed by atoms with Gasteiger partial charge in [-0.3, -0.25) is 9.59 Å². The number of hydrogen-bond donors (Lipinski definition) is 3. The van der Waals surface area contributed by atoms with Gasteiger partial charge in [0, 0.05) is 36.6 Å². The lowest BCUT2D eigenvalue weighted by Gasteiger charge is -2.06.